The normalized spacial score (nSPS) is 15.1. The van der Waals surface area contributed by atoms with E-state index in [0.29, 0.717) is 5.39 Å². The second kappa shape index (κ2) is 3.78. The predicted octanol–water partition coefficient (Wildman–Crippen LogP) is 2.05. The average molecular weight is 279 g/mol. The van der Waals surface area contributed by atoms with Crippen LogP contribution in [-0.2, 0) is 0 Å². The van der Waals surface area contributed by atoms with Crippen LogP contribution in [0.5, 0.6) is 0 Å². The van der Waals surface area contributed by atoms with Crippen molar-refractivity contribution in [1.29, 1.82) is 0 Å². The molecule has 16 heavy (non-hydrogen) atoms. The van der Waals surface area contributed by atoms with Crippen molar-refractivity contribution in [3.8, 4) is 5.69 Å². The van der Waals surface area contributed by atoms with Gasteiger partial charge in [0.05, 0.1) is 0 Å². The Bertz CT molecular complexity index is 901. The van der Waals surface area contributed by atoms with Gasteiger partial charge in [0, 0.05) is 0 Å². The Morgan fingerprint density at radius 2 is 1.88 bits per heavy atom. The van der Waals surface area contributed by atoms with Crippen LogP contribution >= 0.6 is 0 Å². The molecule has 3 rings (SSSR count). The molecule has 0 aliphatic carbocycles. The summed E-state index contributed by atoms with van der Waals surface area (Å²) >= 11 is -0.429. The molecular formula is C13H9NOSe. The summed E-state index contributed by atoms with van der Waals surface area (Å²) < 4.78 is 41.0. The molecule has 3 heteroatoms. The summed E-state index contributed by atoms with van der Waals surface area (Å²) in [6, 6.07) is 5.09. The van der Waals surface area contributed by atoms with Gasteiger partial charge in [-0.05, 0) is 0 Å². The first-order chi connectivity index (χ1) is 9.93. The second-order valence-electron chi connectivity index (χ2n) is 3.16. The van der Waals surface area contributed by atoms with Crippen molar-refractivity contribution >= 4 is 24.4 Å². The summed E-state index contributed by atoms with van der Waals surface area (Å²) in [4.78, 5) is 12.4. The summed E-state index contributed by atoms with van der Waals surface area (Å²) in [6.45, 7) is 0. The molecule has 78 valence electrons. The monoisotopic (exact) mass is 280 g/mol. The van der Waals surface area contributed by atoms with Gasteiger partial charge in [0.2, 0.25) is 0 Å². The first-order valence-corrected chi connectivity index (χ1v) is 6.24. The Hall–Kier alpha value is -1.57. The number of fused-ring (bicyclic) bond motifs is 1. The molecule has 0 saturated carbocycles. The molecule has 0 radical (unpaired) electrons. The molecule has 0 atom stereocenters. The molecule has 1 aromatic heterocycles. The molecule has 0 N–H and O–H groups in total. The molecule has 0 aliphatic heterocycles. The van der Waals surface area contributed by atoms with Crippen LogP contribution in [-0.4, -0.2) is 18.3 Å². The van der Waals surface area contributed by atoms with E-state index in [1.807, 2.05) is 12.1 Å². The van der Waals surface area contributed by atoms with Gasteiger partial charge in [-0.15, -0.1) is 0 Å². The van der Waals surface area contributed by atoms with Gasteiger partial charge in [-0.3, -0.25) is 0 Å². The van der Waals surface area contributed by atoms with Crippen LogP contribution in [0.25, 0.3) is 15.3 Å². The van der Waals surface area contributed by atoms with E-state index in [0.717, 1.165) is 4.26 Å². The van der Waals surface area contributed by atoms with Crippen molar-refractivity contribution in [2.24, 2.45) is 0 Å². The zero-order chi connectivity index (χ0) is 15.3. The van der Waals surface area contributed by atoms with Crippen LogP contribution in [0.3, 0.4) is 0 Å². The number of benzene rings is 2. The van der Waals surface area contributed by atoms with Gasteiger partial charge < -0.3 is 0 Å². The van der Waals surface area contributed by atoms with Gasteiger partial charge in [0.25, 0.3) is 0 Å². The molecule has 0 amide bonds. The van der Waals surface area contributed by atoms with Crippen LogP contribution in [0, 0.1) is 0 Å². The minimum atomic E-state index is -0.453. The van der Waals surface area contributed by atoms with Gasteiger partial charge in [-0.2, -0.15) is 0 Å². The van der Waals surface area contributed by atoms with Crippen LogP contribution in [0.15, 0.2) is 59.3 Å². The second-order valence-corrected chi connectivity index (χ2v) is 5.23. The number of para-hydroxylation sites is 1. The molecule has 0 unspecified atom stereocenters. The van der Waals surface area contributed by atoms with Crippen LogP contribution in [0.1, 0.15) is 6.85 Å². The van der Waals surface area contributed by atoms with Gasteiger partial charge in [0.15, 0.2) is 0 Å². The van der Waals surface area contributed by atoms with E-state index >= 15 is 0 Å². The van der Waals surface area contributed by atoms with Crippen molar-refractivity contribution in [1.82, 2.24) is 3.56 Å². The number of rotatable bonds is 1. The third-order valence-corrected chi connectivity index (χ3v) is 4.46. The molecule has 2 aromatic carbocycles. The van der Waals surface area contributed by atoms with Crippen molar-refractivity contribution in [3.05, 3.63) is 64.8 Å². The van der Waals surface area contributed by atoms with Crippen molar-refractivity contribution < 1.29 is 6.85 Å². The first kappa shape index (κ1) is 5.67. The van der Waals surface area contributed by atoms with E-state index in [4.69, 9.17) is 6.85 Å². The average Bonchev–Trinajstić information content (AvgIpc) is 2.81. The number of nitrogens with zero attached hydrogens (tertiary/aromatic N) is 1. The fraction of sp³-hybridized carbons (Fsp3) is 0. The molecule has 3 aromatic rings. The van der Waals surface area contributed by atoms with Crippen LogP contribution < -0.4 is 5.56 Å². The molecule has 2 nitrogen and oxygen atoms in total. The number of aromatic nitrogens is 1. The molecule has 1 heterocycles. The predicted molar refractivity (Wildman–Crippen MR) is 66.5 cm³/mol. The molecule has 0 bridgehead atoms. The molecule has 0 spiro atoms. The zero-order valence-electron chi connectivity index (χ0n) is 13.1. The SMILES string of the molecule is [2H]c1c([2H])c([2H])c(-n2[se]c3ccccc3c2=O)c([2H])c1[2H]. The topological polar surface area (TPSA) is 22.0 Å². The van der Waals surface area contributed by atoms with Crippen molar-refractivity contribution in [2.75, 3.05) is 0 Å². The van der Waals surface area contributed by atoms with Gasteiger partial charge in [-0.1, -0.05) is 0 Å². The van der Waals surface area contributed by atoms with Gasteiger partial charge >= 0.3 is 105 Å². The minimum absolute atomic E-state index is 0.0396. The van der Waals surface area contributed by atoms with Crippen molar-refractivity contribution in [2.45, 2.75) is 0 Å². The molecule has 0 saturated heterocycles. The fourth-order valence-corrected chi connectivity index (χ4v) is 3.47. The molecule has 0 aliphatic rings. The van der Waals surface area contributed by atoms with Crippen molar-refractivity contribution in [3.63, 3.8) is 0 Å². The zero-order valence-corrected chi connectivity index (χ0v) is 9.79. The van der Waals surface area contributed by atoms with E-state index in [1.165, 1.54) is 3.56 Å². The fourth-order valence-electron chi connectivity index (χ4n) is 1.46. The Labute approximate surface area is 106 Å². The van der Waals surface area contributed by atoms with Crippen LogP contribution in [0.2, 0.25) is 0 Å². The summed E-state index contributed by atoms with van der Waals surface area (Å²) in [5.41, 5.74) is -0.355. The third-order valence-electron chi connectivity index (χ3n) is 2.18. The van der Waals surface area contributed by atoms with Crippen LogP contribution in [0.4, 0.5) is 0 Å². The number of hydrogen-bond donors (Lipinski definition) is 0. The van der Waals surface area contributed by atoms with E-state index in [2.05, 4.69) is 0 Å². The molecule has 0 fully saturated rings. The first-order valence-electron chi connectivity index (χ1n) is 7.12. The van der Waals surface area contributed by atoms with E-state index in [9.17, 15) is 4.79 Å². The Balaban J connectivity index is 2.44. The third kappa shape index (κ3) is 1.45. The Morgan fingerprint density at radius 3 is 2.62 bits per heavy atom. The Morgan fingerprint density at radius 1 is 1.12 bits per heavy atom. The summed E-state index contributed by atoms with van der Waals surface area (Å²) in [7, 11) is 0. The Kier molecular flexibility index (Phi) is 1.34. The maximum absolute atomic E-state index is 12.4. The standard InChI is InChI=1S/C13H9NOSe/c15-13-11-8-4-5-9-12(11)16-14(13)10-6-2-1-3-7-10/h1-9H/i1D,2D,3D,6D,7D. The van der Waals surface area contributed by atoms with E-state index in [-0.39, 0.29) is 23.3 Å². The maximum atomic E-state index is 12.4. The quantitative estimate of drug-likeness (QED) is 0.625. The number of hydrogen-bond acceptors (Lipinski definition) is 1. The summed E-state index contributed by atoms with van der Waals surface area (Å²) in [6.07, 6.45) is 0. The molecular weight excluding hydrogens is 265 g/mol. The van der Waals surface area contributed by atoms with Gasteiger partial charge in [-0.25, -0.2) is 0 Å². The van der Waals surface area contributed by atoms with E-state index < -0.39 is 32.9 Å². The summed E-state index contributed by atoms with van der Waals surface area (Å²) in [5.74, 6) is 0. The van der Waals surface area contributed by atoms with Gasteiger partial charge in [0.1, 0.15) is 0 Å². The summed E-state index contributed by atoms with van der Waals surface area (Å²) in [5, 5.41) is 0.532. The van der Waals surface area contributed by atoms with E-state index in [1.54, 1.807) is 12.1 Å².